The Bertz CT molecular complexity index is 1300. The Morgan fingerprint density at radius 3 is 2.84 bits per heavy atom. The first kappa shape index (κ1) is 21.7. The summed E-state index contributed by atoms with van der Waals surface area (Å²) in [5, 5.41) is 11.2. The monoisotopic (exact) mass is 511 g/mol. The molecule has 0 radical (unpaired) electrons. The second-order valence-electron chi connectivity index (χ2n) is 6.62. The number of ether oxygens (including phenoxy) is 1. The molecule has 32 heavy (non-hydrogen) atoms. The zero-order valence-electron chi connectivity index (χ0n) is 16.5. The van der Waals surface area contributed by atoms with Gasteiger partial charge in [-0.2, -0.15) is 5.10 Å². The predicted molar refractivity (Wildman–Crippen MR) is 127 cm³/mol. The number of hydrogen-bond acceptors (Lipinski definition) is 6. The van der Waals surface area contributed by atoms with Gasteiger partial charge in [0.1, 0.15) is 18.1 Å². The van der Waals surface area contributed by atoms with E-state index in [1.807, 2.05) is 6.07 Å². The van der Waals surface area contributed by atoms with Gasteiger partial charge in [0.2, 0.25) is 0 Å². The number of nitrogens with zero attached hydrogens (tertiary/aromatic N) is 2. The molecule has 7 nitrogen and oxygen atoms in total. The highest BCUT2D eigenvalue weighted by Crippen LogP contribution is 2.29. The summed E-state index contributed by atoms with van der Waals surface area (Å²) in [6, 6.07) is 13.6. The van der Waals surface area contributed by atoms with Crippen molar-refractivity contribution in [2.75, 3.05) is 11.9 Å². The minimum Gasteiger partial charge on any atom is -0.458 e. The summed E-state index contributed by atoms with van der Waals surface area (Å²) >= 11 is 9.43. The molecule has 0 saturated carbocycles. The molecule has 0 spiro atoms. The van der Waals surface area contributed by atoms with Crippen LogP contribution < -0.4 is 5.32 Å². The molecule has 1 aliphatic rings. The number of carbonyl (C=O) groups excluding carboxylic acids is 2. The van der Waals surface area contributed by atoms with Gasteiger partial charge in [-0.05, 0) is 48.5 Å². The van der Waals surface area contributed by atoms with Crippen LogP contribution in [0.2, 0.25) is 5.02 Å². The van der Waals surface area contributed by atoms with E-state index in [1.54, 1.807) is 36.4 Å². The Hall–Kier alpha value is -3.49. The number of fused-ring (bicyclic) bond motifs is 1. The van der Waals surface area contributed by atoms with Gasteiger partial charge in [0.05, 0.1) is 17.5 Å². The van der Waals surface area contributed by atoms with Crippen LogP contribution in [0, 0.1) is 0 Å². The summed E-state index contributed by atoms with van der Waals surface area (Å²) in [5.41, 5.74) is 2.32. The van der Waals surface area contributed by atoms with E-state index in [1.165, 1.54) is 18.4 Å². The molecule has 0 fully saturated rings. The number of furan rings is 1. The van der Waals surface area contributed by atoms with Gasteiger partial charge < -0.3 is 14.5 Å². The van der Waals surface area contributed by atoms with Crippen LogP contribution in [0.1, 0.15) is 21.7 Å². The van der Waals surface area contributed by atoms with Crippen LogP contribution >= 0.6 is 27.5 Å². The quantitative estimate of drug-likeness (QED) is 0.205. The predicted octanol–water partition coefficient (Wildman–Crippen LogP) is 5.48. The lowest BCUT2D eigenvalue weighted by Crippen LogP contribution is -2.13. The van der Waals surface area contributed by atoms with Crippen molar-refractivity contribution in [3.05, 3.63) is 87.6 Å². The summed E-state index contributed by atoms with van der Waals surface area (Å²) in [7, 11) is 0. The summed E-state index contributed by atoms with van der Waals surface area (Å²) in [5.74, 6) is -0.0662. The van der Waals surface area contributed by atoms with Crippen molar-refractivity contribution in [1.29, 1.82) is 0 Å². The maximum absolute atomic E-state index is 12.4. The fourth-order valence-electron chi connectivity index (χ4n) is 3.05. The molecular weight excluding hydrogens is 498 g/mol. The Labute approximate surface area is 196 Å². The SMILES string of the molecule is C=CCOC(=O)c1cc(Cl)ccc1-c1ccc(/C=N\N=C2\C(=O)Nc3ccc(Br)cc32)o1. The highest BCUT2D eigenvalue weighted by molar-refractivity contribution is 9.10. The van der Waals surface area contributed by atoms with E-state index < -0.39 is 5.97 Å². The van der Waals surface area contributed by atoms with Crippen molar-refractivity contribution in [2.45, 2.75) is 0 Å². The van der Waals surface area contributed by atoms with Crippen LogP contribution in [0.15, 0.2) is 80.3 Å². The normalized spacial score (nSPS) is 13.9. The fourth-order valence-corrected chi connectivity index (χ4v) is 3.58. The molecule has 0 aliphatic carbocycles. The molecule has 3 aromatic rings. The first-order valence-electron chi connectivity index (χ1n) is 9.36. The molecule has 0 unspecified atom stereocenters. The molecule has 0 bridgehead atoms. The zero-order chi connectivity index (χ0) is 22.7. The number of anilines is 1. The van der Waals surface area contributed by atoms with Crippen LogP contribution in [-0.4, -0.2) is 30.4 Å². The van der Waals surface area contributed by atoms with Crippen molar-refractivity contribution < 1.29 is 18.7 Å². The highest BCUT2D eigenvalue weighted by Gasteiger charge is 2.26. The number of carbonyl (C=O) groups is 2. The van der Waals surface area contributed by atoms with Gasteiger partial charge in [0.25, 0.3) is 5.91 Å². The highest BCUT2D eigenvalue weighted by atomic mass is 79.9. The lowest BCUT2D eigenvalue weighted by atomic mass is 10.1. The maximum atomic E-state index is 12.4. The smallest absolute Gasteiger partial charge is 0.339 e. The standard InChI is InChI=1S/C23H15BrClN3O4/c1-2-9-31-23(30)17-11-14(25)4-6-16(17)20-8-5-15(32-20)12-26-28-21-18-10-13(24)3-7-19(18)27-22(21)29/h2-8,10-12H,1,9H2,(H,27,28,29)/b26-12-. The molecule has 1 aliphatic heterocycles. The number of nitrogens with one attached hydrogen (secondary N) is 1. The second kappa shape index (κ2) is 9.33. The van der Waals surface area contributed by atoms with E-state index in [-0.39, 0.29) is 23.8 Å². The Kier molecular flexibility index (Phi) is 6.34. The molecular formula is C23H15BrClN3O4. The molecule has 0 atom stereocenters. The zero-order valence-corrected chi connectivity index (χ0v) is 18.8. The molecule has 2 heterocycles. The topological polar surface area (TPSA) is 93.3 Å². The van der Waals surface area contributed by atoms with E-state index in [0.29, 0.717) is 33.4 Å². The van der Waals surface area contributed by atoms with E-state index in [4.69, 9.17) is 20.8 Å². The average Bonchev–Trinajstić information content (AvgIpc) is 3.36. The number of esters is 1. The molecule has 1 aromatic heterocycles. The van der Waals surface area contributed by atoms with Crippen molar-refractivity contribution in [3.8, 4) is 11.3 Å². The average molecular weight is 513 g/mol. The number of rotatable bonds is 6. The van der Waals surface area contributed by atoms with Gasteiger partial charge in [-0.25, -0.2) is 4.79 Å². The molecule has 2 aromatic carbocycles. The molecule has 9 heteroatoms. The Morgan fingerprint density at radius 2 is 2.03 bits per heavy atom. The molecule has 160 valence electrons. The number of amides is 1. The molecule has 0 saturated heterocycles. The van der Waals surface area contributed by atoms with Crippen LogP contribution in [-0.2, 0) is 9.53 Å². The van der Waals surface area contributed by atoms with Crippen molar-refractivity contribution >= 4 is 57.0 Å². The summed E-state index contributed by atoms with van der Waals surface area (Å²) in [6.07, 6.45) is 2.86. The third kappa shape index (κ3) is 4.56. The Morgan fingerprint density at radius 1 is 1.19 bits per heavy atom. The van der Waals surface area contributed by atoms with Crippen LogP contribution in [0.4, 0.5) is 5.69 Å². The Balaban J connectivity index is 1.58. The second-order valence-corrected chi connectivity index (χ2v) is 7.97. The van der Waals surface area contributed by atoms with E-state index in [9.17, 15) is 9.59 Å². The van der Waals surface area contributed by atoms with Crippen molar-refractivity contribution in [1.82, 2.24) is 0 Å². The van der Waals surface area contributed by atoms with Gasteiger partial charge in [-0.3, -0.25) is 4.79 Å². The van der Waals surface area contributed by atoms with Gasteiger partial charge in [0.15, 0.2) is 5.71 Å². The first-order valence-corrected chi connectivity index (χ1v) is 10.5. The number of halogens is 2. The lowest BCUT2D eigenvalue weighted by molar-refractivity contribution is -0.110. The van der Waals surface area contributed by atoms with Crippen molar-refractivity contribution in [2.24, 2.45) is 10.2 Å². The summed E-state index contributed by atoms with van der Waals surface area (Å²) in [4.78, 5) is 24.5. The van der Waals surface area contributed by atoms with Crippen LogP contribution in [0.3, 0.4) is 0 Å². The third-order valence-corrected chi connectivity index (χ3v) is 5.20. The minimum atomic E-state index is -0.544. The molecule has 4 rings (SSSR count). The third-order valence-electron chi connectivity index (χ3n) is 4.47. The minimum absolute atomic E-state index is 0.0778. The largest absolute Gasteiger partial charge is 0.458 e. The molecule has 1 N–H and O–H groups in total. The van der Waals surface area contributed by atoms with E-state index >= 15 is 0 Å². The summed E-state index contributed by atoms with van der Waals surface area (Å²) < 4.78 is 11.7. The lowest BCUT2D eigenvalue weighted by Gasteiger charge is -2.07. The first-order chi connectivity index (χ1) is 15.5. The van der Waals surface area contributed by atoms with Crippen LogP contribution in [0.5, 0.6) is 0 Å². The number of hydrogen-bond donors (Lipinski definition) is 1. The fraction of sp³-hybridized carbons (Fsp3) is 0.0435. The van der Waals surface area contributed by atoms with Gasteiger partial charge in [0, 0.05) is 20.6 Å². The maximum Gasteiger partial charge on any atom is 0.339 e. The van der Waals surface area contributed by atoms with Crippen LogP contribution in [0.25, 0.3) is 11.3 Å². The van der Waals surface area contributed by atoms with Gasteiger partial charge in [-0.1, -0.05) is 40.2 Å². The number of benzene rings is 2. The van der Waals surface area contributed by atoms with E-state index in [0.717, 1.165) is 4.47 Å². The van der Waals surface area contributed by atoms with Crippen molar-refractivity contribution in [3.63, 3.8) is 0 Å². The summed E-state index contributed by atoms with van der Waals surface area (Å²) in [6.45, 7) is 3.61. The molecule has 1 amide bonds. The van der Waals surface area contributed by atoms with Gasteiger partial charge in [-0.15, -0.1) is 5.10 Å². The van der Waals surface area contributed by atoms with E-state index in [2.05, 4.69) is 38.0 Å². The van der Waals surface area contributed by atoms with Gasteiger partial charge >= 0.3 is 5.97 Å².